The summed E-state index contributed by atoms with van der Waals surface area (Å²) in [5.41, 5.74) is 1.29. The van der Waals surface area contributed by atoms with Crippen molar-refractivity contribution in [2.24, 2.45) is 0 Å². The summed E-state index contributed by atoms with van der Waals surface area (Å²) in [5, 5.41) is 9.44. The van der Waals surface area contributed by atoms with E-state index in [2.05, 4.69) is 15.9 Å². The molecule has 0 radical (unpaired) electrons. The molecular formula is C17H14BrNO6S. The first-order chi connectivity index (χ1) is 12.4. The van der Waals surface area contributed by atoms with Gasteiger partial charge in [0, 0.05) is 17.1 Å². The molecule has 0 amide bonds. The molecule has 136 valence electrons. The molecule has 0 fully saturated rings. The summed E-state index contributed by atoms with van der Waals surface area (Å²) in [6, 6.07) is 7.85. The molecular weight excluding hydrogens is 426 g/mol. The number of carboxylic acid groups (broad SMARTS) is 1. The van der Waals surface area contributed by atoms with Crippen LogP contribution in [0, 0.1) is 0 Å². The second-order valence-electron chi connectivity index (χ2n) is 5.90. The van der Waals surface area contributed by atoms with Crippen molar-refractivity contribution < 1.29 is 27.8 Å². The lowest BCUT2D eigenvalue weighted by atomic mass is 10.2. The van der Waals surface area contributed by atoms with E-state index in [4.69, 9.17) is 9.47 Å². The summed E-state index contributed by atoms with van der Waals surface area (Å²) < 4.78 is 39.3. The van der Waals surface area contributed by atoms with Crippen molar-refractivity contribution in [2.45, 2.75) is 11.3 Å². The lowest BCUT2D eigenvalue weighted by Crippen LogP contribution is -2.29. The molecule has 0 aromatic heterocycles. The third-order valence-corrected chi connectivity index (χ3v) is 6.61. The molecule has 0 atom stereocenters. The maximum Gasteiger partial charge on any atom is 0.339 e. The van der Waals surface area contributed by atoms with Gasteiger partial charge in [-0.25, -0.2) is 13.2 Å². The van der Waals surface area contributed by atoms with Crippen molar-refractivity contribution in [2.75, 3.05) is 24.1 Å². The molecule has 2 aromatic carbocycles. The van der Waals surface area contributed by atoms with E-state index < -0.39 is 16.0 Å². The minimum Gasteiger partial charge on any atom is -0.486 e. The highest BCUT2D eigenvalue weighted by Crippen LogP contribution is 2.40. The van der Waals surface area contributed by atoms with Crippen LogP contribution in [0.2, 0.25) is 0 Å². The van der Waals surface area contributed by atoms with E-state index in [9.17, 15) is 18.3 Å². The SMILES string of the molecule is O=C(O)c1cc(S(=O)(=O)N2CCc3cc(Br)ccc32)cc2c1OCCO2. The molecule has 0 spiro atoms. The summed E-state index contributed by atoms with van der Waals surface area (Å²) in [4.78, 5) is 11.4. The molecule has 1 N–H and O–H groups in total. The zero-order chi connectivity index (χ0) is 18.5. The smallest absolute Gasteiger partial charge is 0.339 e. The minimum atomic E-state index is -3.94. The van der Waals surface area contributed by atoms with E-state index in [0.29, 0.717) is 18.7 Å². The highest BCUT2D eigenvalue weighted by Gasteiger charge is 2.33. The molecule has 2 aromatic rings. The van der Waals surface area contributed by atoms with Gasteiger partial charge >= 0.3 is 5.97 Å². The van der Waals surface area contributed by atoms with Gasteiger partial charge in [-0.1, -0.05) is 15.9 Å². The molecule has 4 rings (SSSR count). The number of sulfonamides is 1. The van der Waals surface area contributed by atoms with Crippen LogP contribution in [-0.4, -0.2) is 39.3 Å². The number of nitrogens with zero attached hydrogens (tertiary/aromatic N) is 1. The number of halogens is 1. The number of anilines is 1. The highest BCUT2D eigenvalue weighted by atomic mass is 79.9. The van der Waals surface area contributed by atoms with Crippen LogP contribution >= 0.6 is 15.9 Å². The topological polar surface area (TPSA) is 93.1 Å². The van der Waals surface area contributed by atoms with Gasteiger partial charge in [-0.2, -0.15) is 0 Å². The number of fused-ring (bicyclic) bond motifs is 2. The van der Waals surface area contributed by atoms with Gasteiger partial charge in [0.05, 0.1) is 10.6 Å². The molecule has 2 aliphatic rings. The fourth-order valence-corrected chi connectivity index (χ4v) is 5.11. The van der Waals surface area contributed by atoms with Crippen LogP contribution in [0.15, 0.2) is 39.7 Å². The molecule has 9 heteroatoms. The van der Waals surface area contributed by atoms with Gasteiger partial charge < -0.3 is 14.6 Å². The Kier molecular flexibility index (Phi) is 4.07. The van der Waals surface area contributed by atoms with E-state index in [1.165, 1.54) is 10.4 Å². The standard InChI is InChI=1S/C17H14BrNO6S/c18-11-1-2-14-10(7-11)3-4-19(14)26(22,23)12-8-13(17(20)21)16-15(9-12)24-5-6-25-16/h1-2,7-9H,3-6H2,(H,20,21). The molecule has 7 nitrogen and oxygen atoms in total. The largest absolute Gasteiger partial charge is 0.486 e. The van der Waals surface area contributed by atoms with E-state index in [1.54, 1.807) is 12.1 Å². The van der Waals surface area contributed by atoms with E-state index in [0.717, 1.165) is 16.1 Å². The van der Waals surface area contributed by atoms with Gasteiger partial charge in [-0.05, 0) is 36.2 Å². The number of aromatic carboxylic acids is 1. The number of hydrogen-bond donors (Lipinski definition) is 1. The maximum absolute atomic E-state index is 13.2. The number of carbonyl (C=O) groups is 1. The van der Waals surface area contributed by atoms with Crippen LogP contribution in [0.3, 0.4) is 0 Å². The molecule has 0 aliphatic carbocycles. The molecule has 2 heterocycles. The van der Waals surface area contributed by atoms with Crippen molar-refractivity contribution in [3.8, 4) is 11.5 Å². The third kappa shape index (κ3) is 2.71. The average Bonchev–Trinajstić information content (AvgIpc) is 3.04. The summed E-state index contributed by atoms with van der Waals surface area (Å²) in [6.45, 7) is 0.745. The number of benzene rings is 2. The zero-order valence-corrected chi connectivity index (χ0v) is 15.8. The van der Waals surface area contributed by atoms with Crippen molar-refractivity contribution in [3.05, 3.63) is 45.9 Å². The Balaban J connectivity index is 1.83. The zero-order valence-electron chi connectivity index (χ0n) is 13.4. The van der Waals surface area contributed by atoms with Gasteiger partial charge in [0.25, 0.3) is 10.0 Å². The molecule has 26 heavy (non-hydrogen) atoms. The monoisotopic (exact) mass is 439 g/mol. The third-order valence-electron chi connectivity index (χ3n) is 4.33. The Morgan fingerprint density at radius 3 is 2.69 bits per heavy atom. The van der Waals surface area contributed by atoms with Crippen molar-refractivity contribution in [3.63, 3.8) is 0 Å². The fourth-order valence-electron chi connectivity index (χ4n) is 3.15. The maximum atomic E-state index is 13.2. The Morgan fingerprint density at radius 1 is 1.15 bits per heavy atom. The Hall–Kier alpha value is -2.26. The summed E-state index contributed by atoms with van der Waals surface area (Å²) in [7, 11) is -3.94. The first-order valence-corrected chi connectivity index (χ1v) is 10.1. The van der Waals surface area contributed by atoms with Crippen molar-refractivity contribution >= 4 is 37.6 Å². The molecule has 0 unspecified atom stereocenters. The lowest BCUT2D eigenvalue weighted by Gasteiger charge is -2.23. The second-order valence-corrected chi connectivity index (χ2v) is 8.68. The van der Waals surface area contributed by atoms with Gasteiger partial charge in [-0.3, -0.25) is 4.31 Å². The van der Waals surface area contributed by atoms with Crippen LogP contribution in [0.5, 0.6) is 11.5 Å². The lowest BCUT2D eigenvalue weighted by molar-refractivity contribution is 0.0685. The van der Waals surface area contributed by atoms with Crippen LogP contribution < -0.4 is 13.8 Å². The van der Waals surface area contributed by atoms with E-state index in [1.807, 2.05) is 6.07 Å². The van der Waals surface area contributed by atoms with Gasteiger partial charge in [0.2, 0.25) is 0 Å². The van der Waals surface area contributed by atoms with Crippen LogP contribution in [-0.2, 0) is 16.4 Å². The summed E-state index contributed by atoms with van der Waals surface area (Å²) >= 11 is 3.38. The van der Waals surface area contributed by atoms with Gasteiger partial charge in [0.1, 0.15) is 18.8 Å². The molecule has 0 bridgehead atoms. The molecule has 2 aliphatic heterocycles. The minimum absolute atomic E-state index is 0.0634. The number of rotatable bonds is 3. The summed E-state index contributed by atoms with van der Waals surface area (Å²) in [6.07, 6.45) is 0.588. The summed E-state index contributed by atoms with van der Waals surface area (Å²) in [5.74, 6) is -1.08. The number of carboxylic acids is 1. The molecule has 0 saturated carbocycles. The Bertz CT molecular complexity index is 1020. The normalized spacial score (nSPS) is 15.7. The first-order valence-electron chi connectivity index (χ1n) is 7.86. The Morgan fingerprint density at radius 2 is 1.92 bits per heavy atom. The predicted octanol–water partition coefficient (Wildman–Crippen LogP) is 2.67. The van der Waals surface area contributed by atoms with Gasteiger partial charge in [-0.15, -0.1) is 0 Å². The average molecular weight is 440 g/mol. The number of ether oxygens (including phenoxy) is 2. The number of hydrogen-bond acceptors (Lipinski definition) is 5. The second kappa shape index (κ2) is 6.17. The Labute approximate surface area is 158 Å². The van der Waals surface area contributed by atoms with Crippen LogP contribution in [0.1, 0.15) is 15.9 Å². The predicted molar refractivity (Wildman–Crippen MR) is 96.8 cm³/mol. The fraction of sp³-hybridized carbons (Fsp3) is 0.235. The van der Waals surface area contributed by atoms with E-state index >= 15 is 0 Å². The van der Waals surface area contributed by atoms with Gasteiger partial charge in [0.15, 0.2) is 11.5 Å². The highest BCUT2D eigenvalue weighted by molar-refractivity contribution is 9.10. The van der Waals surface area contributed by atoms with E-state index in [-0.39, 0.29) is 35.2 Å². The van der Waals surface area contributed by atoms with Crippen LogP contribution in [0.25, 0.3) is 0 Å². The quantitative estimate of drug-likeness (QED) is 0.789. The molecule has 0 saturated heterocycles. The van der Waals surface area contributed by atoms with Crippen molar-refractivity contribution in [1.29, 1.82) is 0 Å². The first kappa shape index (κ1) is 17.2. The van der Waals surface area contributed by atoms with Crippen LogP contribution in [0.4, 0.5) is 5.69 Å². The van der Waals surface area contributed by atoms with Crippen molar-refractivity contribution in [1.82, 2.24) is 0 Å².